The first-order chi connectivity index (χ1) is 9.88. The van der Waals surface area contributed by atoms with Crippen molar-refractivity contribution in [2.45, 2.75) is 32.2 Å². The van der Waals surface area contributed by atoms with Crippen LogP contribution in [-0.2, 0) is 16.0 Å². The lowest BCUT2D eigenvalue weighted by atomic mass is 9.92. The highest BCUT2D eigenvalue weighted by atomic mass is 35.5. The molecular weight excluding hydrogens is 311 g/mol. The number of hydrogen-bond donors (Lipinski definition) is 1. The second kappa shape index (κ2) is 6.67. The third-order valence-electron chi connectivity index (χ3n) is 3.94. The molecule has 0 bridgehead atoms. The van der Waals surface area contributed by atoms with Crippen LogP contribution < -0.4 is 5.73 Å². The number of benzene rings is 1. The van der Waals surface area contributed by atoms with E-state index in [1.54, 1.807) is 23.1 Å². The summed E-state index contributed by atoms with van der Waals surface area (Å²) in [6, 6.07) is 5.28. The molecule has 1 heterocycles. The average molecular weight is 329 g/mol. The van der Waals surface area contributed by atoms with Crippen LogP contribution >= 0.6 is 23.2 Å². The van der Waals surface area contributed by atoms with E-state index in [-0.39, 0.29) is 30.2 Å². The van der Waals surface area contributed by atoms with Crippen molar-refractivity contribution in [2.75, 3.05) is 6.54 Å². The maximum absolute atomic E-state index is 12.4. The van der Waals surface area contributed by atoms with Crippen molar-refractivity contribution < 1.29 is 9.59 Å². The smallest absolute Gasteiger partial charge is 0.227 e. The van der Waals surface area contributed by atoms with Gasteiger partial charge in [-0.25, -0.2) is 0 Å². The number of nitrogens with zero attached hydrogens (tertiary/aromatic N) is 1. The number of piperidine rings is 1. The highest BCUT2D eigenvalue weighted by Gasteiger charge is 2.31. The van der Waals surface area contributed by atoms with Gasteiger partial charge in [0.05, 0.1) is 22.4 Å². The van der Waals surface area contributed by atoms with E-state index in [9.17, 15) is 9.59 Å². The van der Waals surface area contributed by atoms with Gasteiger partial charge in [-0.2, -0.15) is 0 Å². The second-order valence-electron chi connectivity index (χ2n) is 5.50. The molecule has 21 heavy (non-hydrogen) atoms. The van der Waals surface area contributed by atoms with Crippen molar-refractivity contribution in [3.8, 4) is 0 Å². The molecule has 1 aliphatic rings. The van der Waals surface area contributed by atoms with E-state index in [4.69, 9.17) is 28.9 Å². The van der Waals surface area contributed by atoms with E-state index < -0.39 is 0 Å². The minimum Gasteiger partial charge on any atom is -0.369 e. The highest BCUT2D eigenvalue weighted by Crippen LogP contribution is 2.25. The van der Waals surface area contributed by atoms with Gasteiger partial charge in [0.2, 0.25) is 11.8 Å². The molecule has 0 unspecified atom stereocenters. The number of likely N-dealkylation sites (tertiary alicyclic amines) is 1. The molecule has 2 N–H and O–H groups in total. The number of nitrogens with two attached hydrogens (primary N) is 1. The van der Waals surface area contributed by atoms with Gasteiger partial charge in [-0.15, -0.1) is 0 Å². The molecule has 2 amide bonds. The van der Waals surface area contributed by atoms with Crippen molar-refractivity contribution in [1.29, 1.82) is 0 Å². The fraction of sp³-hybridized carbons (Fsp3) is 0.467. The van der Waals surface area contributed by atoms with Crippen LogP contribution in [0, 0.1) is 5.92 Å². The SMILES string of the molecule is C[C@@H]1CC[C@H](C(N)=O)CN1C(=O)Cc1ccc(Cl)c(Cl)c1. The Morgan fingerprint density at radius 3 is 2.62 bits per heavy atom. The second-order valence-corrected chi connectivity index (χ2v) is 6.31. The standard InChI is InChI=1S/C15H18Cl2N2O2/c1-9-2-4-11(15(18)21)8-19(9)14(20)7-10-3-5-12(16)13(17)6-10/h3,5-6,9,11H,2,4,7-8H2,1H3,(H2,18,21)/t9-,11+/m1/s1. The van der Waals surface area contributed by atoms with E-state index >= 15 is 0 Å². The third kappa shape index (κ3) is 3.89. The summed E-state index contributed by atoms with van der Waals surface area (Å²) in [4.78, 5) is 25.5. The first-order valence-corrected chi connectivity index (χ1v) is 7.66. The van der Waals surface area contributed by atoms with Crippen molar-refractivity contribution in [3.63, 3.8) is 0 Å². The van der Waals surface area contributed by atoms with E-state index in [0.717, 1.165) is 18.4 Å². The molecule has 1 saturated heterocycles. The average Bonchev–Trinajstić information content (AvgIpc) is 2.43. The summed E-state index contributed by atoms with van der Waals surface area (Å²) in [7, 11) is 0. The van der Waals surface area contributed by atoms with Crippen LogP contribution in [-0.4, -0.2) is 29.3 Å². The maximum Gasteiger partial charge on any atom is 0.227 e. The molecule has 4 nitrogen and oxygen atoms in total. The number of primary amides is 1. The minimum atomic E-state index is -0.339. The zero-order chi connectivity index (χ0) is 15.6. The van der Waals surface area contributed by atoms with Gasteiger partial charge in [0.15, 0.2) is 0 Å². The Morgan fingerprint density at radius 2 is 2.00 bits per heavy atom. The van der Waals surface area contributed by atoms with Crippen LogP contribution in [0.4, 0.5) is 0 Å². The highest BCUT2D eigenvalue weighted by molar-refractivity contribution is 6.42. The lowest BCUT2D eigenvalue weighted by Crippen LogP contribution is -2.49. The first kappa shape index (κ1) is 16.1. The summed E-state index contributed by atoms with van der Waals surface area (Å²) in [6.07, 6.45) is 1.78. The van der Waals surface area contributed by atoms with Gasteiger partial charge in [-0.3, -0.25) is 9.59 Å². The Morgan fingerprint density at radius 1 is 1.29 bits per heavy atom. The maximum atomic E-state index is 12.4. The fourth-order valence-corrected chi connectivity index (χ4v) is 2.93. The number of carbonyl (C=O) groups excluding carboxylic acids is 2. The van der Waals surface area contributed by atoms with Crippen molar-refractivity contribution in [2.24, 2.45) is 11.7 Å². The van der Waals surface area contributed by atoms with Crippen molar-refractivity contribution in [1.82, 2.24) is 4.90 Å². The molecule has 114 valence electrons. The number of rotatable bonds is 3. The van der Waals surface area contributed by atoms with Crippen LogP contribution in [0.2, 0.25) is 10.0 Å². The zero-order valence-electron chi connectivity index (χ0n) is 11.8. The number of carbonyl (C=O) groups is 2. The predicted octanol–water partition coefficient (Wildman–Crippen LogP) is 2.65. The lowest BCUT2D eigenvalue weighted by molar-refractivity contribution is -0.136. The minimum absolute atomic E-state index is 0.0214. The van der Waals surface area contributed by atoms with Gasteiger partial charge in [0.25, 0.3) is 0 Å². The molecular formula is C15H18Cl2N2O2. The number of amides is 2. The van der Waals surface area contributed by atoms with Gasteiger partial charge >= 0.3 is 0 Å². The third-order valence-corrected chi connectivity index (χ3v) is 4.68. The Bertz CT molecular complexity index is 563. The molecule has 0 radical (unpaired) electrons. The van der Waals surface area contributed by atoms with Gasteiger partial charge in [-0.05, 0) is 37.5 Å². The Labute approximate surface area is 134 Å². The summed E-state index contributed by atoms with van der Waals surface area (Å²) < 4.78 is 0. The molecule has 1 aromatic rings. The van der Waals surface area contributed by atoms with E-state index in [0.29, 0.717) is 16.6 Å². The topological polar surface area (TPSA) is 63.4 Å². The number of hydrogen-bond acceptors (Lipinski definition) is 2. The molecule has 1 aliphatic heterocycles. The molecule has 1 aromatic carbocycles. The molecule has 0 spiro atoms. The van der Waals surface area contributed by atoms with Crippen LogP contribution in [0.15, 0.2) is 18.2 Å². The predicted molar refractivity (Wildman–Crippen MR) is 83.3 cm³/mol. The van der Waals surface area contributed by atoms with Crippen LogP contribution in [0.25, 0.3) is 0 Å². The van der Waals surface area contributed by atoms with E-state index in [2.05, 4.69) is 0 Å². The molecule has 2 atom stereocenters. The molecule has 0 saturated carbocycles. The van der Waals surface area contributed by atoms with Gasteiger partial charge in [-0.1, -0.05) is 29.3 Å². The molecule has 0 aromatic heterocycles. The largest absolute Gasteiger partial charge is 0.369 e. The van der Waals surface area contributed by atoms with Crippen LogP contribution in [0.5, 0.6) is 0 Å². The summed E-state index contributed by atoms with van der Waals surface area (Å²) in [5.74, 6) is -0.611. The van der Waals surface area contributed by atoms with Gasteiger partial charge in [0, 0.05) is 12.6 Å². The number of halogens is 2. The zero-order valence-corrected chi connectivity index (χ0v) is 13.3. The molecule has 0 aliphatic carbocycles. The first-order valence-electron chi connectivity index (χ1n) is 6.91. The van der Waals surface area contributed by atoms with E-state index in [1.165, 1.54) is 0 Å². The van der Waals surface area contributed by atoms with Crippen LogP contribution in [0.3, 0.4) is 0 Å². The summed E-state index contributed by atoms with van der Waals surface area (Å²) in [5.41, 5.74) is 6.16. The fourth-order valence-electron chi connectivity index (χ4n) is 2.61. The normalized spacial score (nSPS) is 22.1. The van der Waals surface area contributed by atoms with Crippen LogP contribution in [0.1, 0.15) is 25.3 Å². The van der Waals surface area contributed by atoms with Crippen molar-refractivity contribution in [3.05, 3.63) is 33.8 Å². The lowest BCUT2D eigenvalue weighted by Gasteiger charge is -2.37. The Hall–Kier alpha value is -1.26. The van der Waals surface area contributed by atoms with Crippen molar-refractivity contribution >= 4 is 35.0 Å². The van der Waals surface area contributed by atoms with Gasteiger partial charge in [0.1, 0.15) is 0 Å². The summed E-state index contributed by atoms with van der Waals surface area (Å²) in [5, 5.41) is 0.900. The summed E-state index contributed by atoms with van der Waals surface area (Å²) in [6.45, 7) is 2.39. The Balaban J connectivity index is 2.07. The van der Waals surface area contributed by atoms with E-state index in [1.807, 2.05) is 6.92 Å². The monoisotopic (exact) mass is 328 g/mol. The Kier molecular flexibility index (Phi) is 5.12. The summed E-state index contributed by atoms with van der Waals surface area (Å²) >= 11 is 11.8. The molecule has 2 rings (SSSR count). The van der Waals surface area contributed by atoms with Gasteiger partial charge < -0.3 is 10.6 Å². The molecule has 6 heteroatoms. The quantitative estimate of drug-likeness (QED) is 0.927. The molecule has 1 fully saturated rings.